The van der Waals surface area contributed by atoms with Crippen molar-refractivity contribution in [3.05, 3.63) is 59.7 Å². The Labute approximate surface area is 331 Å². The van der Waals surface area contributed by atoms with Crippen LogP contribution in [0.5, 0.6) is 11.5 Å². The molecule has 304 valence electrons. The fourth-order valence-electron chi connectivity index (χ4n) is 5.82. The number of methoxy groups -OCH3 is 2. The number of terminal acetylenes is 3. The number of nitrogens with zero attached hydrogens (tertiary/aromatic N) is 4. The summed E-state index contributed by atoms with van der Waals surface area (Å²) in [5.41, 5.74) is 8.79. The lowest BCUT2D eigenvalue weighted by molar-refractivity contribution is -0.123. The lowest BCUT2D eigenvalue weighted by atomic mass is 10.2. The van der Waals surface area contributed by atoms with Crippen LogP contribution in [0, 0.1) is 37.0 Å². The molecule has 0 spiro atoms. The number of aldehydes is 1. The van der Waals surface area contributed by atoms with E-state index >= 15 is 0 Å². The second-order valence-electron chi connectivity index (χ2n) is 13.0. The zero-order chi connectivity index (χ0) is 41.4. The van der Waals surface area contributed by atoms with Crippen LogP contribution in [0.1, 0.15) is 12.6 Å². The van der Waals surface area contributed by atoms with Crippen molar-refractivity contribution in [2.45, 2.75) is 31.4 Å². The number of morpholine rings is 3. The van der Waals surface area contributed by atoms with Gasteiger partial charge in [0, 0.05) is 58.9 Å². The van der Waals surface area contributed by atoms with Crippen molar-refractivity contribution < 1.29 is 40.5 Å². The van der Waals surface area contributed by atoms with Crippen LogP contribution in [0.25, 0.3) is 0 Å². The highest BCUT2D eigenvalue weighted by atomic mass is 16.5. The molecule has 0 saturated carbocycles. The van der Waals surface area contributed by atoms with Gasteiger partial charge in [-0.3, -0.25) is 19.6 Å². The number of rotatable bonds is 13. The van der Waals surface area contributed by atoms with E-state index in [1.165, 1.54) is 11.1 Å². The molecule has 3 atom stereocenters. The first kappa shape index (κ1) is 47.1. The summed E-state index contributed by atoms with van der Waals surface area (Å²) in [5, 5.41) is 11.9. The van der Waals surface area contributed by atoms with E-state index < -0.39 is 0 Å². The predicted octanol–water partition coefficient (Wildman–Crippen LogP) is 0.883. The van der Waals surface area contributed by atoms with E-state index in [0.717, 1.165) is 76.8 Å². The molecule has 3 aliphatic heterocycles. The molecule has 0 amide bonds. The summed E-state index contributed by atoms with van der Waals surface area (Å²) in [6, 6.07) is 16.2. The van der Waals surface area contributed by atoms with Crippen molar-refractivity contribution in [2.24, 2.45) is 0 Å². The van der Waals surface area contributed by atoms with Gasteiger partial charge in [0.2, 0.25) is 1.43 Å². The van der Waals surface area contributed by atoms with Crippen molar-refractivity contribution in [3.63, 3.8) is 0 Å². The number of ether oxygens (including phenoxy) is 5. The van der Waals surface area contributed by atoms with E-state index in [-0.39, 0.29) is 24.9 Å². The van der Waals surface area contributed by atoms with Crippen LogP contribution in [-0.4, -0.2) is 175 Å². The first-order valence-corrected chi connectivity index (χ1v) is 18.3. The standard InChI is InChI=1S/C17H24N2O2.C9H13NO.C8H13NO2.C8H11NO2.H2O/c1-4-9-19-10-11-21-17(14-19)13-18(2)12-15-5-7-16(20-3)8-6-15;1-10-7-8-3-5-9(11-2)6-4-8;2*1-2-3-9-4-5-11-8(6-9)7-10;/h1,5-8,17H,9-14H2,2-3H3;3-6,10H,7H2,1-2H3;1,8,10H,3-7H2;1,7-8H,3-6H2;1H2/t17-;;2*8-;/m1.00./s1/i/hT. The van der Waals surface area contributed by atoms with Gasteiger partial charge in [-0.25, -0.2) is 0 Å². The first-order chi connectivity index (χ1) is 27.3. The van der Waals surface area contributed by atoms with Crippen LogP contribution < -0.4 is 14.8 Å². The largest absolute Gasteiger partial charge is 0.497 e. The molecule has 3 saturated heterocycles. The van der Waals surface area contributed by atoms with E-state index in [0.29, 0.717) is 39.4 Å². The summed E-state index contributed by atoms with van der Waals surface area (Å²) in [7, 11) is 7.41. The van der Waals surface area contributed by atoms with Crippen molar-refractivity contribution in [1.82, 2.24) is 24.9 Å². The van der Waals surface area contributed by atoms with Gasteiger partial charge in [0.05, 0.1) is 72.5 Å². The van der Waals surface area contributed by atoms with Crippen molar-refractivity contribution in [2.75, 3.05) is 120 Å². The van der Waals surface area contributed by atoms with E-state index in [9.17, 15) is 4.79 Å². The van der Waals surface area contributed by atoms with Gasteiger partial charge in [-0.2, -0.15) is 0 Å². The quantitative estimate of drug-likeness (QED) is 0.221. The molecule has 2 aromatic rings. The lowest BCUT2D eigenvalue weighted by Crippen LogP contribution is -2.46. The fraction of sp³-hybridized carbons (Fsp3) is 0.548. The third kappa shape index (κ3) is 21.0. The van der Waals surface area contributed by atoms with Crippen LogP contribution in [0.15, 0.2) is 48.5 Å². The van der Waals surface area contributed by atoms with Gasteiger partial charge in [0.1, 0.15) is 23.9 Å². The Kier molecular flexibility index (Phi) is 25.9. The van der Waals surface area contributed by atoms with Gasteiger partial charge in [-0.05, 0) is 49.5 Å². The fourth-order valence-corrected chi connectivity index (χ4v) is 5.82. The summed E-state index contributed by atoms with van der Waals surface area (Å²) >= 11 is 0. The smallest absolute Gasteiger partial charge is 0.206 e. The summed E-state index contributed by atoms with van der Waals surface area (Å²) in [6.45, 7) is 11.7. The number of aliphatic hydroxyl groups excluding tert-OH is 1. The van der Waals surface area contributed by atoms with E-state index in [2.05, 4.69) is 69.1 Å². The number of hydrogen-bond donors (Lipinski definition) is 2. The molecule has 0 radical (unpaired) electrons. The lowest BCUT2D eigenvalue weighted by Gasteiger charge is -2.33. The van der Waals surface area contributed by atoms with Crippen molar-refractivity contribution >= 4 is 6.29 Å². The van der Waals surface area contributed by atoms with Crippen LogP contribution in [-0.2, 0) is 32.1 Å². The minimum absolute atomic E-state index is 0.0444. The van der Waals surface area contributed by atoms with E-state index in [4.69, 9.17) is 55.0 Å². The molecule has 0 unspecified atom stereocenters. The highest BCUT2D eigenvalue weighted by Gasteiger charge is 2.21. The van der Waals surface area contributed by atoms with Gasteiger partial charge in [0.15, 0.2) is 0 Å². The molecule has 3 fully saturated rings. The monoisotopic (exact) mass is 767 g/mol. The molecular weight excluding hydrogens is 702 g/mol. The predicted molar refractivity (Wildman–Crippen MR) is 217 cm³/mol. The molecule has 3 heterocycles. The highest BCUT2D eigenvalue weighted by molar-refractivity contribution is 5.56. The maximum absolute atomic E-state index is 10.3. The van der Waals surface area contributed by atoms with Gasteiger partial charge in [-0.1, -0.05) is 42.0 Å². The first-order valence-electron chi connectivity index (χ1n) is 18.7. The van der Waals surface area contributed by atoms with Gasteiger partial charge >= 0.3 is 0 Å². The Morgan fingerprint density at radius 1 is 0.818 bits per heavy atom. The van der Waals surface area contributed by atoms with Gasteiger partial charge in [-0.15, -0.1) is 19.3 Å². The molecular formula is C42H63N5O8. The zero-order valence-electron chi connectivity index (χ0n) is 34.1. The number of nitrogens with one attached hydrogen (secondary N) is 1. The molecule has 0 aliphatic carbocycles. The Hall–Kier alpha value is -4.01. The van der Waals surface area contributed by atoms with Crippen molar-refractivity contribution in [1.29, 1.82) is 0 Å². The molecule has 13 heteroatoms. The number of likely N-dealkylation sites (N-methyl/N-ethyl adjacent to an activating group) is 1. The highest BCUT2D eigenvalue weighted by Crippen LogP contribution is 2.14. The van der Waals surface area contributed by atoms with E-state index in [1.807, 2.05) is 36.2 Å². The van der Waals surface area contributed by atoms with E-state index in [1.54, 1.807) is 14.2 Å². The maximum Gasteiger partial charge on any atom is 0.206 e. The minimum atomic E-state index is -0.280. The number of benzene rings is 2. The molecule has 3 aliphatic rings. The normalized spacial score (nSPS) is 19.9. The number of carbonyl (C=O) groups excluding carboxylic acids is 1. The Morgan fingerprint density at radius 3 is 1.73 bits per heavy atom. The Morgan fingerprint density at radius 2 is 1.27 bits per heavy atom. The van der Waals surface area contributed by atoms with Crippen LogP contribution >= 0.6 is 0 Å². The Balaban J connectivity index is 0.000000387. The molecule has 4 N–H and O–H groups in total. The molecule has 55 heavy (non-hydrogen) atoms. The zero-order valence-corrected chi connectivity index (χ0v) is 33.1. The summed E-state index contributed by atoms with van der Waals surface area (Å²) in [6.07, 6.45) is 16.4. The van der Waals surface area contributed by atoms with Crippen LogP contribution in [0.4, 0.5) is 0 Å². The second kappa shape index (κ2) is 30.2. The third-order valence-electron chi connectivity index (χ3n) is 8.59. The second-order valence-corrected chi connectivity index (χ2v) is 13.0. The third-order valence-corrected chi connectivity index (χ3v) is 8.59. The molecule has 0 bridgehead atoms. The molecule has 2 aromatic carbocycles. The van der Waals surface area contributed by atoms with Crippen LogP contribution in [0.2, 0.25) is 0 Å². The number of carbonyl (C=O) groups is 1. The average molecular weight is 768 g/mol. The SMILES string of the molecule is C#CCN1CCO[C@H](C=O)C1.C#CCN1CCO[C@H](CN(C)Cc2ccc(OC)cc2)C1.C#CCN1CCO[C@H](CO)C1.CNCc1ccc(OC)cc1.[3H]O. The molecule has 5 rings (SSSR count). The summed E-state index contributed by atoms with van der Waals surface area (Å²) < 4.78 is 31.1. The minimum Gasteiger partial charge on any atom is -0.497 e. The molecule has 0 aromatic heterocycles. The average Bonchev–Trinajstić information content (AvgIpc) is 3.23. The molecule has 13 nitrogen and oxygen atoms in total. The number of aliphatic hydroxyl groups is 1. The van der Waals surface area contributed by atoms with Crippen molar-refractivity contribution in [3.8, 4) is 48.5 Å². The number of hydrogen-bond acceptors (Lipinski definition) is 12. The summed E-state index contributed by atoms with van der Waals surface area (Å²) in [4.78, 5) is 19.0. The van der Waals surface area contributed by atoms with Gasteiger partial charge in [0.25, 0.3) is 0 Å². The van der Waals surface area contributed by atoms with Crippen LogP contribution in [0.3, 0.4) is 0 Å². The topological polar surface area (TPSA) is 140 Å². The Bertz CT molecular complexity index is 1420. The van der Waals surface area contributed by atoms with Gasteiger partial charge < -0.3 is 44.4 Å². The maximum atomic E-state index is 10.3. The summed E-state index contributed by atoms with van der Waals surface area (Å²) in [5.74, 6) is 9.61.